The smallest absolute Gasteiger partial charge is 0.259 e. The van der Waals surface area contributed by atoms with Crippen LogP contribution >= 0.6 is 11.6 Å². The summed E-state index contributed by atoms with van der Waals surface area (Å²) in [7, 11) is 1.50. The molecule has 8 nitrogen and oxygen atoms in total. The van der Waals surface area contributed by atoms with E-state index in [0.29, 0.717) is 39.5 Å². The summed E-state index contributed by atoms with van der Waals surface area (Å²) in [5.41, 5.74) is 2.80. The van der Waals surface area contributed by atoms with Crippen LogP contribution in [0.4, 0.5) is 5.69 Å². The predicted molar refractivity (Wildman–Crippen MR) is 121 cm³/mol. The summed E-state index contributed by atoms with van der Waals surface area (Å²) >= 11 is 6.01. The monoisotopic (exact) mass is 449 g/mol. The summed E-state index contributed by atoms with van der Waals surface area (Å²) in [5.74, 6) is 1.65. The summed E-state index contributed by atoms with van der Waals surface area (Å²) in [6.07, 6.45) is 1.42. The number of carbonyl (C=O) groups excluding carboxylic acids is 1. The van der Waals surface area contributed by atoms with Gasteiger partial charge in [0.15, 0.2) is 5.82 Å². The number of nitrogens with one attached hydrogen (secondary N) is 1. The zero-order chi connectivity index (χ0) is 22.7. The Hall–Kier alpha value is -3.91. The molecule has 0 radical (unpaired) electrons. The molecular formula is C23H20ClN5O3. The van der Waals surface area contributed by atoms with Gasteiger partial charge in [-0.05, 0) is 62.4 Å². The zero-order valence-corrected chi connectivity index (χ0v) is 18.4. The second-order valence-corrected chi connectivity index (χ2v) is 7.41. The van der Waals surface area contributed by atoms with Gasteiger partial charge in [-0.2, -0.15) is 5.10 Å². The number of hydrogen-bond donors (Lipinski definition) is 1. The number of amides is 1. The number of anilines is 1. The van der Waals surface area contributed by atoms with Gasteiger partial charge in [0.1, 0.15) is 17.8 Å². The number of nitrogens with zero attached hydrogens (tertiary/aromatic N) is 4. The molecule has 0 saturated heterocycles. The third-order valence-electron chi connectivity index (χ3n) is 4.59. The first-order valence-electron chi connectivity index (χ1n) is 9.71. The minimum Gasteiger partial charge on any atom is -0.496 e. The number of carbonyl (C=O) groups is 1. The molecule has 2 aromatic heterocycles. The highest BCUT2D eigenvalue weighted by atomic mass is 35.5. The van der Waals surface area contributed by atoms with Crippen molar-refractivity contribution in [3.8, 4) is 23.2 Å². The third-order valence-corrected chi connectivity index (χ3v) is 4.83. The number of hydrogen-bond acceptors (Lipinski definition) is 6. The molecule has 0 bridgehead atoms. The molecule has 2 aromatic carbocycles. The van der Waals surface area contributed by atoms with Crippen LogP contribution in [0.1, 0.15) is 21.7 Å². The maximum atomic E-state index is 12.6. The first-order chi connectivity index (χ1) is 15.4. The van der Waals surface area contributed by atoms with Crippen molar-refractivity contribution >= 4 is 23.2 Å². The van der Waals surface area contributed by atoms with Crippen molar-refractivity contribution in [2.24, 2.45) is 0 Å². The van der Waals surface area contributed by atoms with Crippen molar-refractivity contribution in [1.29, 1.82) is 0 Å². The van der Waals surface area contributed by atoms with Gasteiger partial charge in [-0.15, -0.1) is 0 Å². The Balaban J connectivity index is 1.47. The van der Waals surface area contributed by atoms with E-state index in [2.05, 4.69) is 20.4 Å². The van der Waals surface area contributed by atoms with E-state index in [1.807, 2.05) is 19.9 Å². The minimum absolute atomic E-state index is 0.330. The summed E-state index contributed by atoms with van der Waals surface area (Å²) in [6.45, 7) is 3.87. The molecule has 9 heteroatoms. The van der Waals surface area contributed by atoms with Crippen LogP contribution in [0.2, 0.25) is 5.02 Å². The van der Waals surface area contributed by atoms with E-state index < -0.39 is 0 Å². The number of rotatable bonds is 6. The molecule has 0 aliphatic rings. The van der Waals surface area contributed by atoms with Crippen LogP contribution in [-0.4, -0.2) is 32.8 Å². The normalized spacial score (nSPS) is 10.6. The Morgan fingerprint density at radius 3 is 2.50 bits per heavy atom. The van der Waals surface area contributed by atoms with Crippen LogP contribution in [-0.2, 0) is 0 Å². The lowest BCUT2D eigenvalue weighted by atomic mass is 10.2. The Bertz CT molecular complexity index is 1270. The Morgan fingerprint density at radius 2 is 1.81 bits per heavy atom. The van der Waals surface area contributed by atoms with Crippen LogP contribution in [0, 0.1) is 13.8 Å². The molecule has 0 saturated carbocycles. The van der Waals surface area contributed by atoms with Crippen LogP contribution in [0.3, 0.4) is 0 Å². The van der Waals surface area contributed by atoms with Gasteiger partial charge in [-0.3, -0.25) is 4.79 Å². The van der Waals surface area contributed by atoms with Gasteiger partial charge in [0.25, 0.3) is 5.91 Å². The van der Waals surface area contributed by atoms with Gasteiger partial charge in [0.05, 0.1) is 18.4 Å². The summed E-state index contributed by atoms with van der Waals surface area (Å²) < 4.78 is 12.8. The lowest BCUT2D eigenvalue weighted by Gasteiger charge is -2.11. The van der Waals surface area contributed by atoms with Gasteiger partial charge in [-0.25, -0.2) is 14.6 Å². The summed E-state index contributed by atoms with van der Waals surface area (Å²) in [5, 5.41) is 7.69. The van der Waals surface area contributed by atoms with Crippen LogP contribution in [0.25, 0.3) is 5.82 Å². The highest BCUT2D eigenvalue weighted by molar-refractivity contribution is 6.31. The topological polar surface area (TPSA) is 91.2 Å². The number of halogens is 1. The van der Waals surface area contributed by atoms with E-state index in [9.17, 15) is 4.79 Å². The van der Waals surface area contributed by atoms with Crippen LogP contribution < -0.4 is 14.8 Å². The van der Waals surface area contributed by atoms with Crippen molar-refractivity contribution in [3.63, 3.8) is 0 Å². The fourth-order valence-electron chi connectivity index (χ4n) is 3.15. The van der Waals surface area contributed by atoms with Crippen molar-refractivity contribution in [2.45, 2.75) is 13.8 Å². The van der Waals surface area contributed by atoms with Gasteiger partial charge < -0.3 is 14.8 Å². The highest BCUT2D eigenvalue weighted by Gasteiger charge is 2.13. The van der Waals surface area contributed by atoms with Gasteiger partial charge in [0.2, 0.25) is 5.88 Å². The average molecular weight is 450 g/mol. The second kappa shape index (κ2) is 9.07. The molecule has 0 unspecified atom stereocenters. The minimum atomic E-state index is -0.330. The van der Waals surface area contributed by atoms with E-state index in [1.54, 1.807) is 53.2 Å². The van der Waals surface area contributed by atoms with E-state index in [4.69, 9.17) is 21.1 Å². The number of methoxy groups -OCH3 is 1. The lowest BCUT2D eigenvalue weighted by Crippen LogP contribution is -2.13. The van der Waals surface area contributed by atoms with Crippen LogP contribution in [0.15, 0.2) is 60.9 Å². The van der Waals surface area contributed by atoms with Crippen molar-refractivity contribution in [1.82, 2.24) is 19.7 Å². The number of benzene rings is 2. The lowest BCUT2D eigenvalue weighted by molar-refractivity contribution is 0.102. The number of ether oxygens (including phenoxy) is 2. The molecule has 0 atom stereocenters. The number of aryl methyl sites for hydroxylation is 2. The van der Waals surface area contributed by atoms with Gasteiger partial charge in [-0.1, -0.05) is 11.6 Å². The third kappa shape index (κ3) is 4.70. The summed E-state index contributed by atoms with van der Waals surface area (Å²) in [4.78, 5) is 21.0. The Morgan fingerprint density at radius 1 is 1.03 bits per heavy atom. The molecule has 32 heavy (non-hydrogen) atoms. The maximum absolute atomic E-state index is 12.6. The van der Waals surface area contributed by atoms with Crippen LogP contribution in [0.5, 0.6) is 17.4 Å². The average Bonchev–Trinajstić information content (AvgIpc) is 3.13. The van der Waals surface area contributed by atoms with Crippen molar-refractivity contribution in [3.05, 3.63) is 82.9 Å². The van der Waals surface area contributed by atoms with Crippen molar-refractivity contribution in [2.75, 3.05) is 12.4 Å². The molecule has 162 valence electrons. The first-order valence-corrected chi connectivity index (χ1v) is 10.1. The zero-order valence-electron chi connectivity index (χ0n) is 17.7. The van der Waals surface area contributed by atoms with Gasteiger partial charge in [0, 0.05) is 22.5 Å². The molecule has 2 heterocycles. The molecule has 4 rings (SSSR count). The fourth-order valence-corrected chi connectivity index (χ4v) is 3.32. The molecule has 1 N–H and O–H groups in total. The van der Waals surface area contributed by atoms with Gasteiger partial charge >= 0.3 is 0 Å². The maximum Gasteiger partial charge on any atom is 0.259 e. The van der Waals surface area contributed by atoms with E-state index in [1.165, 1.54) is 13.4 Å². The molecule has 0 fully saturated rings. The summed E-state index contributed by atoms with van der Waals surface area (Å²) in [6, 6.07) is 15.5. The first kappa shape index (κ1) is 21.3. The predicted octanol–water partition coefficient (Wildman–Crippen LogP) is 4.99. The molecule has 4 aromatic rings. The van der Waals surface area contributed by atoms with E-state index in [0.717, 1.165) is 11.4 Å². The van der Waals surface area contributed by atoms with E-state index >= 15 is 0 Å². The largest absolute Gasteiger partial charge is 0.496 e. The molecule has 0 aliphatic carbocycles. The fraction of sp³-hybridized carbons (Fsp3) is 0.130. The quantitative estimate of drug-likeness (QED) is 0.446. The SMILES string of the molecule is COc1ccc(Cl)cc1C(=O)Nc1ccc(Oc2cc(-n3nc(C)cc3C)ncn2)cc1. The molecular weight excluding hydrogens is 430 g/mol. The van der Waals surface area contributed by atoms with E-state index in [-0.39, 0.29) is 5.91 Å². The standard InChI is InChI=1S/C23H20ClN5O3/c1-14-10-15(2)29(28-14)21-12-22(26-13-25-21)32-18-7-5-17(6-8-18)27-23(30)19-11-16(24)4-9-20(19)31-3/h4-13H,1-3H3,(H,27,30). The second-order valence-electron chi connectivity index (χ2n) is 6.98. The molecule has 0 spiro atoms. The number of aromatic nitrogens is 4. The Kier molecular flexibility index (Phi) is 6.04. The van der Waals surface area contributed by atoms with Crippen molar-refractivity contribution < 1.29 is 14.3 Å². The molecule has 1 amide bonds. The molecule has 0 aliphatic heterocycles. The Labute approximate surface area is 189 Å². The highest BCUT2D eigenvalue weighted by Crippen LogP contribution is 2.26.